The van der Waals surface area contributed by atoms with Gasteiger partial charge in [0.15, 0.2) is 0 Å². The first-order valence-corrected chi connectivity index (χ1v) is 6.96. The Balaban J connectivity index is 1.82. The third kappa shape index (κ3) is 1.84. The topological polar surface area (TPSA) is 91.5 Å². The highest BCUT2D eigenvalue weighted by Crippen LogP contribution is 2.47. The van der Waals surface area contributed by atoms with Gasteiger partial charge in [-0.1, -0.05) is 5.21 Å². The van der Waals surface area contributed by atoms with Gasteiger partial charge in [-0.3, -0.25) is 4.79 Å². The molecular formula is C13H20N4O3. The molecular weight excluding hydrogens is 260 g/mol. The Labute approximate surface area is 117 Å². The number of carbonyl (C=O) groups is 1. The van der Waals surface area contributed by atoms with Crippen LogP contribution in [0.3, 0.4) is 0 Å². The Morgan fingerprint density at radius 3 is 2.55 bits per heavy atom. The number of hydrogen-bond acceptors (Lipinski definition) is 5. The molecule has 0 bridgehead atoms. The van der Waals surface area contributed by atoms with E-state index in [0.717, 1.165) is 12.8 Å². The van der Waals surface area contributed by atoms with E-state index in [0.29, 0.717) is 13.0 Å². The van der Waals surface area contributed by atoms with Crippen LogP contribution in [0.15, 0.2) is 12.4 Å². The highest BCUT2D eigenvalue weighted by atomic mass is 16.3. The van der Waals surface area contributed by atoms with E-state index in [1.165, 1.54) is 0 Å². The van der Waals surface area contributed by atoms with Crippen molar-refractivity contribution in [3.63, 3.8) is 0 Å². The number of hydrogen-bond donors (Lipinski definition) is 2. The van der Waals surface area contributed by atoms with E-state index in [1.54, 1.807) is 22.0 Å². The number of aliphatic hydroxyl groups is 2. The zero-order valence-electron chi connectivity index (χ0n) is 11.6. The molecule has 1 unspecified atom stereocenters. The van der Waals surface area contributed by atoms with Crippen molar-refractivity contribution in [2.24, 2.45) is 5.41 Å². The molecule has 1 aliphatic carbocycles. The lowest BCUT2D eigenvalue weighted by Gasteiger charge is -2.28. The number of likely N-dealkylation sites (tertiary alicyclic amines) is 1. The van der Waals surface area contributed by atoms with Crippen LogP contribution in [0.4, 0.5) is 0 Å². The van der Waals surface area contributed by atoms with E-state index in [2.05, 4.69) is 10.3 Å². The number of nitrogens with zero attached hydrogens (tertiary/aromatic N) is 4. The van der Waals surface area contributed by atoms with Crippen LogP contribution < -0.4 is 0 Å². The second-order valence-corrected chi connectivity index (χ2v) is 6.18. The predicted molar refractivity (Wildman–Crippen MR) is 69.6 cm³/mol. The monoisotopic (exact) mass is 280 g/mol. The zero-order valence-corrected chi connectivity index (χ0v) is 11.6. The number of carbonyl (C=O) groups excluding carboxylic acids is 1. The molecule has 1 saturated heterocycles. The fourth-order valence-corrected chi connectivity index (χ4v) is 3.23. The maximum atomic E-state index is 12.8. The van der Waals surface area contributed by atoms with Crippen LogP contribution in [0.2, 0.25) is 0 Å². The van der Waals surface area contributed by atoms with Crippen molar-refractivity contribution >= 4 is 5.91 Å². The molecule has 2 fully saturated rings. The van der Waals surface area contributed by atoms with Crippen molar-refractivity contribution in [3.05, 3.63) is 12.4 Å². The quantitative estimate of drug-likeness (QED) is 0.765. The largest absolute Gasteiger partial charge is 0.396 e. The van der Waals surface area contributed by atoms with E-state index >= 15 is 0 Å². The smallest absolute Gasteiger partial charge is 0.250 e. The van der Waals surface area contributed by atoms with Crippen molar-refractivity contribution in [3.8, 4) is 0 Å². The second kappa shape index (κ2) is 4.53. The van der Waals surface area contributed by atoms with E-state index < -0.39 is 11.0 Å². The van der Waals surface area contributed by atoms with E-state index in [-0.39, 0.29) is 25.2 Å². The van der Waals surface area contributed by atoms with Gasteiger partial charge < -0.3 is 15.1 Å². The molecule has 2 aliphatic rings. The lowest BCUT2D eigenvalue weighted by molar-refractivity contribution is -0.137. The molecule has 2 heterocycles. The normalized spacial score (nSPS) is 26.8. The molecule has 1 aromatic rings. The van der Waals surface area contributed by atoms with Crippen molar-refractivity contribution in [2.45, 2.75) is 37.8 Å². The van der Waals surface area contributed by atoms with Crippen molar-refractivity contribution in [1.82, 2.24) is 19.9 Å². The maximum absolute atomic E-state index is 12.8. The van der Waals surface area contributed by atoms with Gasteiger partial charge in [-0.25, -0.2) is 4.68 Å². The SMILES string of the molecule is CC1CC(CO)(CO)CN1C(=O)C1(n2ccnn2)CC1. The summed E-state index contributed by atoms with van der Waals surface area (Å²) in [4.78, 5) is 14.6. The standard InChI is InChI=1S/C13H20N4O3/c1-10-6-12(8-18,9-19)7-16(10)11(20)13(2-3-13)17-5-4-14-15-17/h4-5,10,18-19H,2-3,6-9H2,1H3. The first kappa shape index (κ1) is 13.5. The van der Waals surface area contributed by atoms with Crippen LogP contribution in [-0.2, 0) is 10.3 Å². The lowest BCUT2D eigenvalue weighted by atomic mass is 9.88. The van der Waals surface area contributed by atoms with Gasteiger partial charge in [0.1, 0.15) is 5.54 Å². The minimum absolute atomic E-state index is 0.0165. The van der Waals surface area contributed by atoms with Crippen LogP contribution in [0, 0.1) is 5.41 Å². The summed E-state index contributed by atoms with van der Waals surface area (Å²) in [5, 5.41) is 26.8. The van der Waals surface area contributed by atoms with Crippen LogP contribution in [0.1, 0.15) is 26.2 Å². The van der Waals surface area contributed by atoms with Gasteiger partial charge in [0.25, 0.3) is 5.91 Å². The first-order chi connectivity index (χ1) is 9.57. The van der Waals surface area contributed by atoms with Gasteiger partial charge in [0.2, 0.25) is 0 Å². The summed E-state index contributed by atoms with van der Waals surface area (Å²) in [6.07, 6.45) is 5.45. The third-order valence-electron chi connectivity index (χ3n) is 4.68. The van der Waals surface area contributed by atoms with Crippen LogP contribution in [0.25, 0.3) is 0 Å². The summed E-state index contributed by atoms with van der Waals surface area (Å²) in [5.74, 6) is 0.0271. The van der Waals surface area contributed by atoms with Crippen LogP contribution in [-0.4, -0.2) is 61.8 Å². The van der Waals surface area contributed by atoms with Gasteiger partial charge in [0.05, 0.1) is 19.4 Å². The average Bonchev–Trinajstić information content (AvgIpc) is 2.95. The molecule has 110 valence electrons. The maximum Gasteiger partial charge on any atom is 0.250 e. The van der Waals surface area contributed by atoms with Gasteiger partial charge in [-0.2, -0.15) is 0 Å². The minimum atomic E-state index is -0.592. The number of amides is 1. The highest BCUT2D eigenvalue weighted by Gasteiger charge is 2.57. The molecule has 2 N–H and O–H groups in total. The fraction of sp³-hybridized carbons (Fsp3) is 0.769. The Bertz CT molecular complexity index is 494. The molecule has 0 radical (unpaired) electrons. The molecule has 1 aliphatic heterocycles. The van der Waals surface area contributed by atoms with Gasteiger partial charge in [-0.05, 0) is 26.2 Å². The Kier molecular flexibility index (Phi) is 3.06. The Morgan fingerprint density at radius 2 is 2.10 bits per heavy atom. The summed E-state index contributed by atoms with van der Waals surface area (Å²) < 4.78 is 1.64. The first-order valence-electron chi connectivity index (χ1n) is 6.96. The molecule has 1 saturated carbocycles. The minimum Gasteiger partial charge on any atom is -0.396 e. The zero-order chi connectivity index (χ0) is 14.4. The molecule has 3 rings (SSSR count). The Morgan fingerprint density at radius 1 is 1.40 bits per heavy atom. The summed E-state index contributed by atoms with van der Waals surface area (Å²) in [7, 11) is 0. The summed E-state index contributed by atoms with van der Waals surface area (Å²) in [6, 6.07) is 0.0165. The van der Waals surface area contributed by atoms with E-state index in [9.17, 15) is 15.0 Å². The van der Waals surface area contributed by atoms with Crippen LogP contribution >= 0.6 is 0 Å². The van der Waals surface area contributed by atoms with Gasteiger partial charge in [-0.15, -0.1) is 5.10 Å². The van der Waals surface area contributed by atoms with Crippen LogP contribution in [0.5, 0.6) is 0 Å². The average molecular weight is 280 g/mol. The fourth-order valence-electron chi connectivity index (χ4n) is 3.23. The van der Waals surface area contributed by atoms with E-state index in [1.807, 2.05) is 6.92 Å². The number of rotatable bonds is 4. The second-order valence-electron chi connectivity index (χ2n) is 6.18. The molecule has 0 aromatic carbocycles. The number of aliphatic hydroxyl groups excluding tert-OH is 2. The summed E-state index contributed by atoms with van der Waals surface area (Å²) >= 11 is 0. The summed E-state index contributed by atoms with van der Waals surface area (Å²) in [6.45, 7) is 2.15. The molecule has 1 aromatic heterocycles. The van der Waals surface area contributed by atoms with Gasteiger partial charge in [0, 0.05) is 24.2 Å². The van der Waals surface area contributed by atoms with Crippen molar-refractivity contribution in [1.29, 1.82) is 0 Å². The van der Waals surface area contributed by atoms with E-state index in [4.69, 9.17) is 0 Å². The lowest BCUT2D eigenvalue weighted by Crippen LogP contribution is -2.45. The predicted octanol–water partition coefficient (Wildman–Crippen LogP) is -0.641. The molecule has 7 nitrogen and oxygen atoms in total. The molecule has 20 heavy (non-hydrogen) atoms. The molecule has 1 atom stereocenters. The number of aromatic nitrogens is 3. The van der Waals surface area contributed by atoms with Gasteiger partial charge >= 0.3 is 0 Å². The molecule has 0 spiro atoms. The molecule has 7 heteroatoms. The summed E-state index contributed by atoms with van der Waals surface area (Å²) in [5.41, 5.74) is -1.17. The Hall–Kier alpha value is -1.47. The van der Waals surface area contributed by atoms with Crippen molar-refractivity contribution < 1.29 is 15.0 Å². The van der Waals surface area contributed by atoms with Crippen molar-refractivity contribution in [2.75, 3.05) is 19.8 Å². The third-order valence-corrected chi connectivity index (χ3v) is 4.68. The highest BCUT2D eigenvalue weighted by molar-refractivity contribution is 5.87. The molecule has 1 amide bonds.